The number of carbonyl (C=O) groups is 1. The molecule has 3 nitrogen and oxygen atoms in total. The van der Waals surface area contributed by atoms with E-state index in [1.54, 1.807) is 37.4 Å². The number of aldehydes is 1. The molecule has 0 saturated heterocycles. The quantitative estimate of drug-likeness (QED) is 0.615. The zero-order valence-corrected chi connectivity index (χ0v) is 14.3. The van der Waals surface area contributed by atoms with Gasteiger partial charge in [-0.1, -0.05) is 11.6 Å². The molecule has 0 atom stereocenters. The summed E-state index contributed by atoms with van der Waals surface area (Å²) in [6.45, 7) is 0. The first-order valence-electron chi connectivity index (χ1n) is 5.50. The van der Waals surface area contributed by atoms with Gasteiger partial charge in [0.15, 0.2) is 6.29 Å². The van der Waals surface area contributed by atoms with Gasteiger partial charge >= 0.3 is 0 Å². The molecule has 0 aromatic heterocycles. The second-order valence-electron chi connectivity index (χ2n) is 3.82. The predicted molar refractivity (Wildman–Crippen MR) is 85.3 cm³/mol. The molecule has 2 aromatic rings. The van der Waals surface area contributed by atoms with Crippen LogP contribution in [0.4, 0.5) is 0 Å². The van der Waals surface area contributed by atoms with E-state index in [0.29, 0.717) is 34.1 Å². The van der Waals surface area contributed by atoms with Crippen LogP contribution in [-0.4, -0.2) is 13.4 Å². The van der Waals surface area contributed by atoms with Gasteiger partial charge in [0.2, 0.25) is 0 Å². The van der Waals surface area contributed by atoms with Gasteiger partial charge in [-0.05, 0) is 56.1 Å². The van der Waals surface area contributed by atoms with E-state index in [0.717, 1.165) is 8.95 Å². The standard InChI is InChI=1S/C14H9Br2ClO3/c1-19-13-5-11(16)14(6-10(13)15)20-9-3-2-8(7-18)12(17)4-9/h2-7H,1H3. The van der Waals surface area contributed by atoms with Gasteiger partial charge < -0.3 is 9.47 Å². The lowest BCUT2D eigenvalue weighted by Crippen LogP contribution is -1.90. The van der Waals surface area contributed by atoms with E-state index in [2.05, 4.69) is 31.9 Å². The van der Waals surface area contributed by atoms with Crippen molar-refractivity contribution < 1.29 is 14.3 Å². The third-order valence-electron chi connectivity index (χ3n) is 2.53. The molecule has 0 N–H and O–H groups in total. The summed E-state index contributed by atoms with van der Waals surface area (Å²) in [4.78, 5) is 10.7. The molecule has 0 radical (unpaired) electrons. The van der Waals surface area contributed by atoms with Crippen LogP contribution in [0.2, 0.25) is 5.02 Å². The maximum atomic E-state index is 10.7. The summed E-state index contributed by atoms with van der Waals surface area (Å²) < 4.78 is 12.4. The molecule has 2 aromatic carbocycles. The van der Waals surface area contributed by atoms with Crippen molar-refractivity contribution in [2.24, 2.45) is 0 Å². The number of methoxy groups -OCH3 is 1. The maximum Gasteiger partial charge on any atom is 0.151 e. The van der Waals surface area contributed by atoms with E-state index in [1.807, 2.05) is 0 Å². The topological polar surface area (TPSA) is 35.5 Å². The third kappa shape index (κ3) is 3.34. The van der Waals surface area contributed by atoms with Crippen LogP contribution in [0.5, 0.6) is 17.2 Å². The van der Waals surface area contributed by atoms with Crippen molar-refractivity contribution in [3.63, 3.8) is 0 Å². The van der Waals surface area contributed by atoms with E-state index in [1.165, 1.54) is 0 Å². The number of hydrogen-bond donors (Lipinski definition) is 0. The summed E-state index contributed by atoms with van der Waals surface area (Å²) in [7, 11) is 1.59. The van der Waals surface area contributed by atoms with Crippen LogP contribution in [0, 0.1) is 0 Å². The highest BCUT2D eigenvalue weighted by Crippen LogP contribution is 2.38. The minimum atomic E-state index is 0.348. The molecule has 0 unspecified atom stereocenters. The zero-order valence-electron chi connectivity index (χ0n) is 10.3. The smallest absolute Gasteiger partial charge is 0.151 e. The SMILES string of the molecule is COc1cc(Br)c(Oc2ccc(C=O)c(Cl)c2)cc1Br. The normalized spacial score (nSPS) is 10.2. The summed E-state index contributed by atoms with van der Waals surface area (Å²) >= 11 is 12.8. The van der Waals surface area contributed by atoms with E-state index in [-0.39, 0.29) is 0 Å². The first-order valence-corrected chi connectivity index (χ1v) is 7.47. The fourth-order valence-electron chi connectivity index (χ4n) is 1.54. The Labute approximate surface area is 138 Å². The van der Waals surface area contributed by atoms with Crippen molar-refractivity contribution in [2.75, 3.05) is 7.11 Å². The van der Waals surface area contributed by atoms with Crippen LogP contribution < -0.4 is 9.47 Å². The highest BCUT2D eigenvalue weighted by molar-refractivity contribution is 9.11. The minimum absolute atomic E-state index is 0.348. The van der Waals surface area contributed by atoms with Crippen LogP contribution in [-0.2, 0) is 0 Å². The van der Waals surface area contributed by atoms with Crippen LogP contribution in [0.3, 0.4) is 0 Å². The molecule has 0 spiro atoms. The van der Waals surface area contributed by atoms with E-state index >= 15 is 0 Å². The molecule has 0 saturated carbocycles. The molecule has 0 bridgehead atoms. The van der Waals surface area contributed by atoms with Crippen molar-refractivity contribution in [1.82, 2.24) is 0 Å². The molecule has 104 valence electrons. The zero-order chi connectivity index (χ0) is 14.7. The summed E-state index contributed by atoms with van der Waals surface area (Å²) in [6.07, 6.45) is 0.700. The molecule has 0 aliphatic heterocycles. The lowest BCUT2D eigenvalue weighted by Gasteiger charge is -2.11. The highest BCUT2D eigenvalue weighted by Gasteiger charge is 2.10. The van der Waals surface area contributed by atoms with Crippen molar-refractivity contribution in [2.45, 2.75) is 0 Å². The largest absolute Gasteiger partial charge is 0.496 e. The van der Waals surface area contributed by atoms with E-state index in [9.17, 15) is 4.79 Å². The van der Waals surface area contributed by atoms with Gasteiger partial charge in [-0.15, -0.1) is 0 Å². The van der Waals surface area contributed by atoms with Crippen LogP contribution in [0.1, 0.15) is 10.4 Å². The number of halogens is 3. The number of hydrogen-bond acceptors (Lipinski definition) is 3. The van der Waals surface area contributed by atoms with Crippen LogP contribution >= 0.6 is 43.5 Å². The second-order valence-corrected chi connectivity index (χ2v) is 5.94. The fourth-order valence-corrected chi connectivity index (χ4v) is 2.64. The summed E-state index contributed by atoms with van der Waals surface area (Å²) in [5, 5.41) is 0.348. The Bertz CT molecular complexity index is 659. The summed E-state index contributed by atoms with van der Waals surface area (Å²) in [5.41, 5.74) is 0.425. The van der Waals surface area contributed by atoms with E-state index in [4.69, 9.17) is 21.1 Å². The Balaban J connectivity index is 2.32. The van der Waals surface area contributed by atoms with Gasteiger partial charge in [0.1, 0.15) is 17.2 Å². The van der Waals surface area contributed by atoms with Crippen LogP contribution in [0.15, 0.2) is 39.3 Å². The lowest BCUT2D eigenvalue weighted by molar-refractivity contribution is 0.112. The second kappa shape index (κ2) is 6.61. The Hall–Kier alpha value is -1.04. The average Bonchev–Trinajstić information content (AvgIpc) is 2.42. The number of ether oxygens (including phenoxy) is 2. The maximum absolute atomic E-state index is 10.7. The number of carbonyl (C=O) groups excluding carboxylic acids is 1. The molecule has 6 heteroatoms. The Morgan fingerprint density at radius 2 is 1.75 bits per heavy atom. The Morgan fingerprint density at radius 1 is 1.10 bits per heavy atom. The molecule has 0 amide bonds. The van der Waals surface area contributed by atoms with Crippen molar-refractivity contribution in [1.29, 1.82) is 0 Å². The molecule has 0 heterocycles. The van der Waals surface area contributed by atoms with Gasteiger partial charge in [0.25, 0.3) is 0 Å². The van der Waals surface area contributed by atoms with Gasteiger partial charge in [0, 0.05) is 11.6 Å². The summed E-state index contributed by atoms with van der Waals surface area (Å²) in [6, 6.07) is 8.46. The molecular formula is C14H9Br2ClO3. The van der Waals surface area contributed by atoms with Crippen molar-refractivity contribution in [3.05, 3.63) is 49.9 Å². The van der Waals surface area contributed by atoms with Gasteiger partial charge in [-0.2, -0.15) is 0 Å². The predicted octanol–water partition coefficient (Wildman–Crippen LogP) is 5.48. The molecule has 0 aliphatic rings. The lowest BCUT2D eigenvalue weighted by atomic mass is 10.2. The average molecular weight is 420 g/mol. The number of rotatable bonds is 4. The van der Waals surface area contributed by atoms with Crippen molar-refractivity contribution >= 4 is 49.7 Å². The Morgan fingerprint density at radius 3 is 2.35 bits per heavy atom. The molecular weight excluding hydrogens is 411 g/mol. The Kier molecular flexibility index (Phi) is 5.07. The fraction of sp³-hybridized carbons (Fsp3) is 0.0714. The molecule has 2 rings (SSSR count). The first-order chi connectivity index (χ1) is 9.55. The van der Waals surface area contributed by atoms with Crippen LogP contribution in [0.25, 0.3) is 0 Å². The first kappa shape index (κ1) is 15.4. The molecule has 20 heavy (non-hydrogen) atoms. The van der Waals surface area contributed by atoms with Gasteiger partial charge in [-0.25, -0.2) is 0 Å². The highest BCUT2D eigenvalue weighted by atomic mass is 79.9. The van der Waals surface area contributed by atoms with Crippen molar-refractivity contribution in [3.8, 4) is 17.2 Å². The third-order valence-corrected chi connectivity index (χ3v) is 4.10. The minimum Gasteiger partial charge on any atom is -0.496 e. The van der Waals surface area contributed by atoms with Gasteiger partial charge in [0.05, 0.1) is 21.1 Å². The molecule has 0 fully saturated rings. The van der Waals surface area contributed by atoms with Gasteiger partial charge in [-0.3, -0.25) is 4.79 Å². The monoisotopic (exact) mass is 418 g/mol. The number of benzene rings is 2. The molecule has 0 aliphatic carbocycles. The van der Waals surface area contributed by atoms with E-state index < -0.39 is 0 Å². The summed E-state index contributed by atoms with van der Waals surface area (Å²) in [5.74, 6) is 1.84.